The van der Waals surface area contributed by atoms with Crippen LogP contribution >= 0.6 is 0 Å². The summed E-state index contributed by atoms with van der Waals surface area (Å²) in [5.74, 6) is 1.12. The molecule has 16 heteroatoms. The van der Waals surface area contributed by atoms with Crippen molar-refractivity contribution in [3.8, 4) is 0 Å². The zero-order valence-corrected chi connectivity index (χ0v) is 42.6. The van der Waals surface area contributed by atoms with Crippen LogP contribution in [0.2, 0.25) is 0 Å². The summed E-state index contributed by atoms with van der Waals surface area (Å²) in [5.41, 5.74) is 6.24. The van der Waals surface area contributed by atoms with Crippen LogP contribution < -0.4 is 20.4 Å². The normalized spacial score (nSPS) is 19.6. The van der Waals surface area contributed by atoms with Crippen LogP contribution in [0.4, 0.5) is 23.1 Å². The van der Waals surface area contributed by atoms with Crippen LogP contribution in [0, 0.1) is 5.92 Å². The summed E-state index contributed by atoms with van der Waals surface area (Å²) in [4.78, 5) is 86.5. The van der Waals surface area contributed by atoms with E-state index in [1.807, 2.05) is 88.5 Å². The summed E-state index contributed by atoms with van der Waals surface area (Å²) in [5, 5.41) is 6.57. The number of carbonyl (C=O) groups excluding carboxylic acids is 5. The van der Waals surface area contributed by atoms with Crippen molar-refractivity contribution in [1.82, 2.24) is 39.5 Å². The van der Waals surface area contributed by atoms with Crippen LogP contribution in [0.3, 0.4) is 0 Å². The Bertz CT molecular complexity index is 2700. The Balaban J connectivity index is 0.000000462. The van der Waals surface area contributed by atoms with Gasteiger partial charge < -0.3 is 29.5 Å². The molecule has 1 spiro atoms. The zero-order chi connectivity index (χ0) is 50.4. The summed E-state index contributed by atoms with van der Waals surface area (Å²) in [6.07, 6.45) is 12.1. The molecule has 0 radical (unpaired) electrons. The molecule has 11 rings (SSSR count). The Labute approximate surface area is 418 Å². The van der Waals surface area contributed by atoms with Crippen molar-refractivity contribution < 1.29 is 24.0 Å². The standard InChI is InChI=1S/C43H51N11O4.C8H8O.2C2H6/c1-49(2)41(58)35-20-28-21-45-42(48-38(28)54(35)29-6-3-4-7-29)46-36-12-10-30(22-44-36)51-17-14-27(15-18-51)23-50-25-43(26-50)16-19-53(43)33-9-5-8-31-32(33)24-52(40(31)57)34-11-13-37(55)47-39(34)56;1-7(9)8-5-3-2-4-6-8;2*1-2/h5,8-10,12,20-22,27,29,34H,3-4,6-7,11,13-19,23-26H2,1-2H3,(H,47,55,56)(H,44,45,46,48);2-6H,1H3;2*1-2H3. The van der Waals surface area contributed by atoms with E-state index in [-0.39, 0.29) is 47.4 Å². The average Bonchev–Trinajstić information content (AvgIpc) is 4.12. The zero-order valence-electron chi connectivity index (χ0n) is 42.6. The van der Waals surface area contributed by atoms with E-state index >= 15 is 0 Å². The number of piperidine rings is 2. The summed E-state index contributed by atoms with van der Waals surface area (Å²) >= 11 is 0. The number of ketones is 1. The molecule has 1 aliphatic carbocycles. The van der Waals surface area contributed by atoms with Crippen LogP contribution in [0.15, 0.2) is 79.1 Å². The largest absolute Gasteiger partial charge is 0.370 e. The molecule has 5 aromatic rings. The monoisotopic (exact) mass is 966 g/mol. The SMILES string of the molecule is CC.CC.CC(=O)c1ccccc1.CN(C)C(=O)c1cc2cnc(Nc3ccc(N4CCC(CN5CC6(CCN6c6cccc7c6CN(C6CCC(=O)NC6=O)C7=O)C5)CC4)cn3)nc2n1C1CCCC1. The molecule has 2 aromatic carbocycles. The third-order valence-corrected chi connectivity index (χ3v) is 14.8. The molecule has 0 bridgehead atoms. The van der Waals surface area contributed by atoms with Gasteiger partial charge in [-0.25, -0.2) is 9.97 Å². The number of fused-ring (bicyclic) bond motifs is 2. The van der Waals surface area contributed by atoms with Gasteiger partial charge in [0.05, 0.1) is 17.4 Å². The number of nitrogens with zero attached hydrogens (tertiary/aromatic N) is 9. The average molecular weight is 966 g/mol. The Hall–Kier alpha value is -6.68. The molecule has 4 amide bonds. The van der Waals surface area contributed by atoms with Crippen LogP contribution in [0.5, 0.6) is 0 Å². The number of Topliss-reactive ketones (excluding diaryl/α,β-unsaturated/α-hetero) is 1. The molecule has 16 nitrogen and oxygen atoms in total. The van der Waals surface area contributed by atoms with E-state index in [0.29, 0.717) is 41.9 Å². The topological polar surface area (TPSA) is 169 Å². The van der Waals surface area contributed by atoms with Crippen molar-refractivity contribution in [2.45, 2.75) is 117 Å². The molecule has 2 N–H and O–H groups in total. The highest BCUT2D eigenvalue weighted by Crippen LogP contribution is 2.46. The minimum absolute atomic E-state index is 0.0227. The smallest absolute Gasteiger partial charge is 0.270 e. The fourth-order valence-electron chi connectivity index (χ4n) is 11.1. The van der Waals surface area contributed by atoms with Gasteiger partial charge in [0.25, 0.3) is 11.8 Å². The molecule has 1 atom stereocenters. The minimum atomic E-state index is -0.604. The third kappa shape index (κ3) is 10.5. The number of amides is 4. The predicted octanol–water partition coefficient (Wildman–Crippen LogP) is 8.27. The highest BCUT2D eigenvalue weighted by molar-refractivity contribution is 6.06. The number of nitrogens with one attached hydrogen (secondary N) is 2. The second-order valence-corrected chi connectivity index (χ2v) is 19.4. The first kappa shape index (κ1) is 50.7. The number of anilines is 4. The maximum Gasteiger partial charge on any atom is 0.270 e. The van der Waals surface area contributed by atoms with Gasteiger partial charge in [0.1, 0.15) is 23.2 Å². The van der Waals surface area contributed by atoms with Crippen molar-refractivity contribution in [1.29, 1.82) is 0 Å². The molecule has 71 heavy (non-hydrogen) atoms. The third-order valence-electron chi connectivity index (χ3n) is 14.8. The lowest BCUT2D eigenvalue weighted by molar-refractivity contribution is -0.136. The van der Waals surface area contributed by atoms with E-state index in [4.69, 9.17) is 9.97 Å². The maximum atomic E-state index is 13.4. The van der Waals surface area contributed by atoms with Gasteiger partial charge in [-0.05, 0) is 81.7 Å². The number of aromatic nitrogens is 4. The quantitative estimate of drug-likeness (QED) is 0.102. The van der Waals surface area contributed by atoms with Crippen LogP contribution in [-0.2, 0) is 16.1 Å². The Kier molecular flexibility index (Phi) is 15.8. The van der Waals surface area contributed by atoms with Crippen LogP contribution in [0.25, 0.3) is 11.0 Å². The van der Waals surface area contributed by atoms with Crippen molar-refractivity contribution in [3.63, 3.8) is 0 Å². The number of hydrogen-bond acceptors (Lipinski definition) is 12. The van der Waals surface area contributed by atoms with E-state index in [2.05, 4.69) is 47.0 Å². The highest BCUT2D eigenvalue weighted by Gasteiger charge is 2.54. The van der Waals surface area contributed by atoms with Crippen molar-refractivity contribution >= 4 is 63.6 Å². The van der Waals surface area contributed by atoms with Gasteiger partial charge in [-0.3, -0.25) is 34.2 Å². The number of imide groups is 1. The van der Waals surface area contributed by atoms with Crippen molar-refractivity contribution in [2.24, 2.45) is 5.92 Å². The molecule has 376 valence electrons. The van der Waals surface area contributed by atoms with Gasteiger partial charge in [0.15, 0.2) is 5.78 Å². The summed E-state index contributed by atoms with van der Waals surface area (Å²) in [7, 11) is 3.57. The number of benzene rings is 2. The van der Waals surface area contributed by atoms with E-state index < -0.39 is 6.04 Å². The highest BCUT2D eigenvalue weighted by atomic mass is 16.2. The Morgan fingerprint density at radius 2 is 1.58 bits per heavy atom. The van der Waals surface area contributed by atoms with Gasteiger partial charge >= 0.3 is 0 Å². The first-order valence-electron chi connectivity index (χ1n) is 25.8. The maximum absolute atomic E-state index is 13.4. The number of hydrogen-bond donors (Lipinski definition) is 2. The number of likely N-dealkylation sites (tertiary alicyclic amines) is 1. The first-order valence-corrected chi connectivity index (χ1v) is 25.8. The lowest BCUT2D eigenvalue weighted by Gasteiger charge is -2.64. The summed E-state index contributed by atoms with van der Waals surface area (Å²) in [6, 6.07) is 20.9. The minimum Gasteiger partial charge on any atom is -0.370 e. The molecule has 3 aromatic heterocycles. The summed E-state index contributed by atoms with van der Waals surface area (Å²) < 4.78 is 2.13. The van der Waals surface area contributed by atoms with Gasteiger partial charge in [0, 0.05) is 106 Å². The summed E-state index contributed by atoms with van der Waals surface area (Å²) in [6.45, 7) is 16.1. The second-order valence-electron chi connectivity index (χ2n) is 19.4. The lowest BCUT2D eigenvalue weighted by atomic mass is 9.75. The predicted molar refractivity (Wildman–Crippen MR) is 278 cm³/mol. The number of carbonyl (C=O) groups is 5. The molecule has 8 heterocycles. The van der Waals surface area contributed by atoms with E-state index in [1.54, 1.807) is 37.0 Å². The fraction of sp³-hybridized carbons (Fsp3) is 0.491. The number of rotatable bonds is 10. The van der Waals surface area contributed by atoms with Crippen LogP contribution in [0.1, 0.15) is 135 Å². The van der Waals surface area contributed by atoms with Gasteiger partial charge in [-0.15, -0.1) is 0 Å². The molecular formula is C55H71N11O5. The Morgan fingerprint density at radius 3 is 2.20 bits per heavy atom. The molecule has 5 aliphatic heterocycles. The fourth-order valence-corrected chi connectivity index (χ4v) is 11.1. The molecule has 4 saturated heterocycles. The Morgan fingerprint density at radius 1 is 0.845 bits per heavy atom. The van der Waals surface area contributed by atoms with Gasteiger partial charge in [-0.2, -0.15) is 4.98 Å². The van der Waals surface area contributed by atoms with E-state index in [0.717, 1.165) is 118 Å². The van der Waals surface area contributed by atoms with Crippen LogP contribution in [-0.4, -0.2) is 129 Å². The van der Waals surface area contributed by atoms with Gasteiger partial charge in [0.2, 0.25) is 17.8 Å². The van der Waals surface area contributed by atoms with Crippen molar-refractivity contribution in [3.05, 3.63) is 102 Å². The second kappa shape index (κ2) is 22.2. The molecular weight excluding hydrogens is 895 g/mol. The van der Waals surface area contributed by atoms with E-state index in [9.17, 15) is 24.0 Å². The van der Waals surface area contributed by atoms with E-state index in [1.165, 1.54) is 0 Å². The first-order chi connectivity index (χ1) is 34.4. The van der Waals surface area contributed by atoms with Crippen molar-refractivity contribution in [2.75, 3.05) is 68.5 Å². The number of pyridine rings is 1. The molecule has 1 unspecified atom stereocenters. The van der Waals surface area contributed by atoms with Gasteiger partial charge in [-0.1, -0.05) is 76.9 Å². The molecule has 1 saturated carbocycles. The molecule has 6 aliphatic rings. The lowest BCUT2D eigenvalue weighted by Crippen LogP contribution is -2.77. The molecule has 5 fully saturated rings.